The number of hydrogen-bond acceptors (Lipinski definition) is 1. The lowest BCUT2D eigenvalue weighted by atomic mass is 10.2. The molecule has 2 rings (SSSR count). The van der Waals surface area contributed by atoms with Crippen molar-refractivity contribution in [2.75, 3.05) is 0 Å². The molecule has 76 valence electrons. The summed E-state index contributed by atoms with van der Waals surface area (Å²) in [5, 5.41) is 3.22. The number of benzene rings is 1. The second-order valence-electron chi connectivity index (χ2n) is 3.94. The lowest BCUT2D eigenvalue weighted by molar-refractivity contribution is 0.556. The van der Waals surface area contributed by atoms with Gasteiger partial charge in [0.05, 0.1) is 0 Å². The fourth-order valence-corrected chi connectivity index (χ4v) is 1.51. The quantitative estimate of drug-likeness (QED) is 0.784. The average molecular weight is 197 g/mol. The molecule has 1 fully saturated rings. The Morgan fingerprint density at radius 1 is 1.43 bits per heavy atom. The van der Waals surface area contributed by atoms with Crippen LogP contribution in [0.25, 0.3) is 0 Å². The van der Waals surface area contributed by atoms with Crippen LogP contribution in [0.15, 0.2) is 18.2 Å². The lowest BCUT2D eigenvalue weighted by Gasteiger charge is -2.04. The van der Waals surface area contributed by atoms with Crippen molar-refractivity contribution in [3.05, 3.63) is 35.4 Å². The Bertz CT molecular complexity index is 338. The number of halogens is 2. The van der Waals surface area contributed by atoms with Gasteiger partial charge in [0.2, 0.25) is 0 Å². The van der Waals surface area contributed by atoms with Crippen LogP contribution in [-0.2, 0) is 6.54 Å². The van der Waals surface area contributed by atoms with E-state index in [0.29, 0.717) is 24.1 Å². The van der Waals surface area contributed by atoms with Crippen LogP contribution in [0, 0.1) is 17.6 Å². The van der Waals surface area contributed by atoms with Gasteiger partial charge in [0.25, 0.3) is 0 Å². The molecule has 0 aromatic heterocycles. The molecule has 1 saturated carbocycles. The van der Waals surface area contributed by atoms with Crippen molar-refractivity contribution in [1.82, 2.24) is 5.32 Å². The molecule has 0 aliphatic heterocycles. The summed E-state index contributed by atoms with van der Waals surface area (Å²) in [6, 6.07) is 4.22. The Hall–Kier alpha value is -0.960. The standard InChI is InChI=1S/C11H13F2N/c1-7-4-11(7)14-6-8-2-3-9(12)5-10(8)13/h2-3,5,7,11,14H,4,6H2,1H3. The molecule has 0 bridgehead atoms. The summed E-state index contributed by atoms with van der Waals surface area (Å²) < 4.78 is 25.7. The average Bonchev–Trinajstić information content (AvgIpc) is 2.80. The second kappa shape index (κ2) is 3.65. The van der Waals surface area contributed by atoms with Gasteiger partial charge >= 0.3 is 0 Å². The van der Waals surface area contributed by atoms with Gasteiger partial charge in [-0.1, -0.05) is 13.0 Å². The van der Waals surface area contributed by atoms with Crippen LogP contribution >= 0.6 is 0 Å². The third-order valence-corrected chi connectivity index (χ3v) is 2.68. The number of hydrogen-bond donors (Lipinski definition) is 1. The topological polar surface area (TPSA) is 12.0 Å². The van der Waals surface area contributed by atoms with Crippen LogP contribution < -0.4 is 5.32 Å². The summed E-state index contributed by atoms with van der Waals surface area (Å²) >= 11 is 0. The summed E-state index contributed by atoms with van der Waals surface area (Å²) in [5.41, 5.74) is 0.533. The third-order valence-electron chi connectivity index (χ3n) is 2.68. The van der Waals surface area contributed by atoms with E-state index in [1.807, 2.05) is 0 Å². The number of rotatable bonds is 3. The highest BCUT2D eigenvalue weighted by molar-refractivity contribution is 5.18. The van der Waals surface area contributed by atoms with E-state index in [1.165, 1.54) is 12.1 Å². The minimum absolute atomic E-state index is 0.467. The third kappa shape index (κ3) is 2.10. The second-order valence-corrected chi connectivity index (χ2v) is 3.94. The first-order valence-electron chi connectivity index (χ1n) is 4.84. The first kappa shape index (κ1) is 9.59. The highest BCUT2D eigenvalue weighted by Crippen LogP contribution is 2.29. The van der Waals surface area contributed by atoms with Crippen molar-refractivity contribution in [1.29, 1.82) is 0 Å². The van der Waals surface area contributed by atoms with Gasteiger partial charge in [0.15, 0.2) is 0 Å². The van der Waals surface area contributed by atoms with Crippen molar-refractivity contribution >= 4 is 0 Å². The summed E-state index contributed by atoms with van der Waals surface area (Å²) in [6.07, 6.45) is 1.16. The maximum atomic E-state index is 13.1. The molecule has 14 heavy (non-hydrogen) atoms. The van der Waals surface area contributed by atoms with Gasteiger partial charge in [0.1, 0.15) is 11.6 Å². The summed E-state index contributed by atoms with van der Waals surface area (Å²) in [6.45, 7) is 2.64. The molecule has 3 heteroatoms. The van der Waals surface area contributed by atoms with E-state index in [9.17, 15) is 8.78 Å². The Labute approximate surface area is 82.1 Å². The predicted molar refractivity (Wildman–Crippen MR) is 50.8 cm³/mol. The first-order valence-corrected chi connectivity index (χ1v) is 4.84. The van der Waals surface area contributed by atoms with E-state index < -0.39 is 11.6 Å². The van der Waals surface area contributed by atoms with E-state index in [0.717, 1.165) is 12.5 Å². The highest BCUT2D eigenvalue weighted by Gasteiger charge is 2.31. The molecule has 0 spiro atoms. The normalized spacial score (nSPS) is 25.1. The number of nitrogens with one attached hydrogen (secondary N) is 1. The molecule has 0 heterocycles. The van der Waals surface area contributed by atoms with Crippen molar-refractivity contribution in [2.45, 2.75) is 25.9 Å². The van der Waals surface area contributed by atoms with Gasteiger partial charge in [-0.25, -0.2) is 8.78 Å². The van der Waals surface area contributed by atoms with Gasteiger partial charge in [-0.2, -0.15) is 0 Å². The molecule has 1 nitrogen and oxygen atoms in total. The smallest absolute Gasteiger partial charge is 0.130 e. The monoisotopic (exact) mass is 197 g/mol. The van der Waals surface area contributed by atoms with Crippen molar-refractivity contribution in [3.63, 3.8) is 0 Å². The van der Waals surface area contributed by atoms with E-state index in [2.05, 4.69) is 12.2 Å². The molecular weight excluding hydrogens is 184 g/mol. The molecule has 1 N–H and O–H groups in total. The Balaban J connectivity index is 1.95. The van der Waals surface area contributed by atoms with Crippen LogP contribution in [-0.4, -0.2) is 6.04 Å². The van der Waals surface area contributed by atoms with Crippen LogP contribution in [0.5, 0.6) is 0 Å². The van der Waals surface area contributed by atoms with Gasteiger partial charge in [-0.3, -0.25) is 0 Å². The molecule has 1 aliphatic carbocycles. The Morgan fingerprint density at radius 3 is 2.71 bits per heavy atom. The zero-order chi connectivity index (χ0) is 10.1. The molecule has 0 amide bonds. The maximum Gasteiger partial charge on any atom is 0.130 e. The fraction of sp³-hybridized carbons (Fsp3) is 0.455. The van der Waals surface area contributed by atoms with Gasteiger partial charge < -0.3 is 5.32 Å². The zero-order valence-corrected chi connectivity index (χ0v) is 8.06. The van der Waals surface area contributed by atoms with Crippen LogP contribution in [0.2, 0.25) is 0 Å². The molecule has 1 aromatic carbocycles. The minimum atomic E-state index is -0.522. The Morgan fingerprint density at radius 2 is 2.14 bits per heavy atom. The van der Waals surface area contributed by atoms with Gasteiger partial charge in [0, 0.05) is 24.2 Å². The lowest BCUT2D eigenvalue weighted by Crippen LogP contribution is -2.17. The van der Waals surface area contributed by atoms with Crippen molar-refractivity contribution < 1.29 is 8.78 Å². The molecular formula is C11H13F2N. The Kier molecular flexibility index (Phi) is 2.50. The minimum Gasteiger partial charge on any atom is -0.310 e. The maximum absolute atomic E-state index is 13.1. The van der Waals surface area contributed by atoms with Gasteiger partial charge in [-0.05, 0) is 18.4 Å². The van der Waals surface area contributed by atoms with E-state index in [1.54, 1.807) is 0 Å². The molecule has 2 atom stereocenters. The highest BCUT2D eigenvalue weighted by atomic mass is 19.1. The molecule has 1 aromatic rings. The van der Waals surface area contributed by atoms with Crippen molar-refractivity contribution in [3.8, 4) is 0 Å². The van der Waals surface area contributed by atoms with Crippen LogP contribution in [0.3, 0.4) is 0 Å². The van der Waals surface area contributed by atoms with E-state index >= 15 is 0 Å². The fourth-order valence-electron chi connectivity index (χ4n) is 1.51. The van der Waals surface area contributed by atoms with E-state index in [-0.39, 0.29) is 0 Å². The van der Waals surface area contributed by atoms with Crippen LogP contribution in [0.1, 0.15) is 18.9 Å². The molecule has 1 aliphatic rings. The summed E-state index contributed by atoms with van der Waals surface area (Å²) in [4.78, 5) is 0. The largest absolute Gasteiger partial charge is 0.310 e. The summed E-state index contributed by atoms with van der Waals surface area (Å²) in [7, 11) is 0. The zero-order valence-electron chi connectivity index (χ0n) is 8.06. The van der Waals surface area contributed by atoms with Crippen molar-refractivity contribution in [2.24, 2.45) is 5.92 Å². The SMILES string of the molecule is CC1CC1NCc1ccc(F)cc1F. The molecule has 0 saturated heterocycles. The van der Waals surface area contributed by atoms with E-state index in [4.69, 9.17) is 0 Å². The summed E-state index contributed by atoms with van der Waals surface area (Å²) in [5.74, 6) is -0.296. The predicted octanol–water partition coefficient (Wildman–Crippen LogP) is 2.46. The molecule has 0 radical (unpaired) electrons. The first-order chi connectivity index (χ1) is 6.66. The molecule has 2 unspecified atom stereocenters. The van der Waals surface area contributed by atoms with Crippen LogP contribution in [0.4, 0.5) is 8.78 Å². The van der Waals surface area contributed by atoms with Gasteiger partial charge in [-0.15, -0.1) is 0 Å².